The number of H-pyrrole nitrogens is 1. The molecule has 7 heteroatoms. The Hall–Kier alpha value is -2.80. The number of hydrogen-bond acceptors (Lipinski definition) is 5. The van der Waals surface area contributed by atoms with Gasteiger partial charge >= 0.3 is 0 Å². The van der Waals surface area contributed by atoms with Crippen LogP contribution in [0.5, 0.6) is 11.5 Å². The highest BCUT2D eigenvalue weighted by atomic mass is 32.1. The number of ether oxygens (including phenoxy) is 2. The van der Waals surface area contributed by atoms with Crippen LogP contribution >= 0.6 is 0 Å². The van der Waals surface area contributed by atoms with Crippen molar-refractivity contribution in [2.75, 3.05) is 33.2 Å². The summed E-state index contributed by atoms with van der Waals surface area (Å²) in [4.78, 5) is 10.3. The van der Waals surface area contributed by atoms with Crippen molar-refractivity contribution in [3.63, 3.8) is 0 Å². The largest absolute Gasteiger partial charge is 0.493 e. The van der Waals surface area contributed by atoms with Gasteiger partial charge < -0.3 is 19.4 Å². The van der Waals surface area contributed by atoms with Crippen LogP contribution in [0.25, 0.3) is 11.0 Å². The Morgan fingerprint density at radius 1 is 1.12 bits per heavy atom. The number of methoxy groups -OCH3 is 2. The van der Waals surface area contributed by atoms with Crippen molar-refractivity contribution in [3.8, 4) is 11.5 Å². The highest BCUT2D eigenvalue weighted by Crippen LogP contribution is 2.34. The Balaban J connectivity index is 2.20. The first-order chi connectivity index (χ1) is 12.1. The molecule has 1 aromatic heterocycles. The van der Waals surface area contributed by atoms with Crippen molar-refractivity contribution in [1.29, 1.82) is 0 Å². The molecule has 0 saturated heterocycles. The van der Waals surface area contributed by atoms with E-state index in [1.165, 1.54) is 0 Å². The summed E-state index contributed by atoms with van der Waals surface area (Å²) in [5, 5.41) is 0. The van der Waals surface area contributed by atoms with Crippen molar-refractivity contribution in [2.24, 2.45) is 0 Å². The first-order valence-corrected chi connectivity index (χ1v) is 8.39. The normalized spacial score (nSPS) is 10.6. The molecule has 0 atom stereocenters. The van der Waals surface area contributed by atoms with Crippen molar-refractivity contribution < 1.29 is 13.7 Å². The molecule has 0 saturated carbocycles. The standard InChI is InChI=1S/C18H19N3O3S/c1-21(2)13-8-6-5-7-11(13)17(25-22)18-19-12-9-10-14(23-3)16(24-4)15(12)20-18/h5-10H,1-4H3,(H,19,20). The molecule has 0 unspecified atom stereocenters. The van der Waals surface area contributed by atoms with Crippen molar-refractivity contribution in [2.45, 2.75) is 0 Å². The average molecular weight is 357 g/mol. The lowest BCUT2D eigenvalue weighted by Crippen LogP contribution is -2.15. The van der Waals surface area contributed by atoms with E-state index >= 15 is 0 Å². The third-order valence-corrected chi connectivity index (χ3v) is 4.50. The van der Waals surface area contributed by atoms with Crippen LogP contribution in [-0.2, 0) is 11.3 Å². The number of nitrogens with one attached hydrogen (secondary N) is 1. The zero-order valence-corrected chi connectivity index (χ0v) is 15.3. The maximum atomic E-state index is 11.9. The number of nitrogens with zero attached hydrogens (tertiary/aromatic N) is 2. The molecule has 3 aromatic rings. The van der Waals surface area contributed by atoms with Crippen LogP contribution in [0.15, 0.2) is 36.4 Å². The topological polar surface area (TPSA) is 67.5 Å². The molecule has 0 radical (unpaired) electrons. The molecule has 0 bridgehead atoms. The summed E-state index contributed by atoms with van der Waals surface area (Å²) < 4.78 is 22.7. The van der Waals surface area contributed by atoms with Crippen LogP contribution in [0.1, 0.15) is 11.4 Å². The predicted molar refractivity (Wildman–Crippen MR) is 101 cm³/mol. The van der Waals surface area contributed by atoms with Gasteiger partial charge in [0, 0.05) is 25.3 Å². The molecule has 3 rings (SSSR count). The monoisotopic (exact) mass is 357 g/mol. The van der Waals surface area contributed by atoms with Gasteiger partial charge in [-0.1, -0.05) is 18.2 Å². The lowest BCUT2D eigenvalue weighted by Gasteiger charge is -2.16. The summed E-state index contributed by atoms with van der Waals surface area (Å²) in [5.41, 5.74) is 3.19. The van der Waals surface area contributed by atoms with E-state index in [1.54, 1.807) is 20.3 Å². The quantitative estimate of drug-likeness (QED) is 0.561. The molecule has 0 aliphatic carbocycles. The zero-order valence-electron chi connectivity index (χ0n) is 14.5. The van der Waals surface area contributed by atoms with Crippen LogP contribution in [0.3, 0.4) is 0 Å². The van der Waals surface area contributed by atoms with E-state index in [0.29, 0.717) is 39.0 Å². The molecule has 0 spiro atoms. The Kier molecular flexibility index (Phi) is 4.76. The maximum Gasteiger partial charge on any atom is 0.188 e. The van der Waals surface area contributed by atoms with Gasteiger partial charge in [0.1, 0.15) is 21.6 Å². The van der Waals surface area contributed by atoms with Crippen LogP contribution < -0.4 is 14.4 Å². The summed E-state index contributed by atoms with van der Waals surface area (Å²) in [6.45, 7) is 0. The smallest absolute Gasteiger partial charge is 0.188 e. The van der Waals surface area contributed by atoms with E-state index in [-0.39, 0.29) is 0 Å². The second kappa shape index (κ2) is 6.98. The van der Waals surface area contributed by atoms with Crippen LogP contribution in [-0.4, -0.2) is 47.4 Å². The zero-order chi connectivity index (χ0) is 18.0. The van der Waals surface area contributed by atoms with Crippen molar-refractivity contribution in [3.05, 3.63) is 47.8 Å². The number of rotatable bonds is 5. The molecule has 0 aliphatic rings. The first-order valence-electron chi connectivity index (χ1n) is 7.65. The van der Waals surface area contributed by atoms with Gasteiger partial charge in [-0.3, -0.25) is 0 Å². The van der Waals surface area contributed by atoms with Gasteiger partial charge in [-0.2, -0.15) is 0 Å². The Morgan fingerprint density at radius 3 is 2.52 bits per heavy atom. The molecule has 0 aliphatic heterocycles. The number of fused-ring (bicyclic) bond motifs is 1. The molecule has 130 valence electrons. The van der Waals surface area contributed by atoms with Gasteiger partial charge in [0.25, 0.3) is 0 Å². The van der Waals surface area contributed by atoms with Gasteiger partial charge in [0.2, 0.25) is 0 Å². The van der Waals surface area contributed by atoms with Crippen molar-refractivity contribution >= 4 is 32.8 Å². The summed E-state index contributed by atoms with van der Waals surface area (Å²) in [6.07, 6.45) is 0. The fraction of sp³-hybridized carbons (Fsp3) is 0.222. The molecule has 0 fully saturated rings. The summed E-state index contributed by atoms with van der Waals surface area (Å²) >= 11 is 0.421. The molecule has 25 heavy (non-hydrogen) atoms. The van der Waals surface area contributed by atoms with Gasteiger partial charge in [-0.25, -0.2) is 9.19 Å². The molecule has 6 nitrogen and oxygen atoms in total. The number of aromatic nitrogens is 2. The molecule has 0 amide bonds. The average Bonchev–Trinajstić information content (AvgIpc) is 3.05. The summed E-state index contributed by atoms with van der Waals surface area (Å²) in [7, 11) is 7.03. The third kappa shape index (κ3) is 2.98. The van der Waals surface area contributed by atoms with Gasteiger partial charge in [0.15, 0.2) is 17.3 Å². The maximum absolute atomic E-state index is 11.9. The van der Waals surface area contributed by atoms with E-state index in [9.17, 15) is 4.21 Å². The lowest BCUT2D eigenvalue weighted by atomic mass is 10.1. The van der Waals surface area contributed by atoms with Crippen molar-refractivity contribution in [1.82, 2.24) is 9.97 Å². The second-order valence-electron chi connectivity index (χ2n) is 5.61. The highest BCUT2D eigenvalue weighted by molar-refractivity contribution is 7.67. The Morgan fingerprint density at radius 2 is 1.88 bits per heavy atom. The number of imidazole rings is 1. The minimum Gasteiger partial charge on any atom is -0.493 e. The van der Waals surface area contributed by atoms with Gasteiger partial charge in [-0.05, 0) is 18.2 Å². The molecule has 1 N–H and O–H groups in total. The minimum absolute atomic E-state index is 0.421. The van der Waals surface area contributed by atoms with E-state index in [2.05, 4.69) is 9.97 Å². The molecule has 1 heterocycles. The predicted octanol–water partition coefficient (Wildman–Crippen LogP) is 2.43. The second-order valence-corrected chi connectivity index (χ2v) is 6.18. The van der Waals surface area contributed by atoms with Gasteiger partial charge in [-0.15, -0.1) is 0 Å². The van der Waals surface area contributed by atoms with Crippen LogP contribution in [0.2, 0.25) is 0 Å². The number of para-hydroxylation sites is 1. The minimum atomic E-state index is 0.421. The highest BCUT2D eigenvalue weighted by Gasteiger charge is 2.19. The van der Waals surface area contributed by atoms with E-state index in [1.807, 2.05) is 49.3 Å². The Bertz CT molecular complexity index is 975. The SMILES string of the molecule is COc1ccc2[nH]c(C(=S=O)c3ccccc3N(C)C)nc2c1OC. The molecule has 2 aromatic carbocycles. The molecular formula is C18H19N3O3S. The first kappa shape index (κ1) is 17.0. The number of aromatic amines is 1. The van der Waals surface area contributed by atoms with E-state index < -0.39 is 0 Å². The number of benzene rings is 2. The number of hydrogen-bond donors (Lipinski definition) is 1. The van der Waals surface area contributed by atoms with E-state index in [0.717, 1.165) is 16.8 Å². The fourth-order valence-electron chi connectivity index (χ4n) is 2.76. The van der Waals surface area contributed by atoms with E-state index in [4.69, 9.17) is 9.47 Å². The summed E-state index contributed by atoms with van der Waals surface area (Å²) in [5.74, 6) is 1.65. The lowest BCUT2D eigenvalue weighted by molar-refractivity contribution is 0.358. The van der Waals surface area contributed by atoms with Crippen LogP contribution in [0, 0.1) is 0 Å². The molecular weight excluding hydrogens is 338 g/mol. The van der Waals surface area contributed by atoms with Crippen LogP contribution in [0.4, 0.5) is 5.69 Å². The summed E-state index contributed by atoms with van der Waals surface area (Å²) in [6, 6.07) is 11.4. The number of anilines is 1. The fourth-order valence-corrected chi connectivity index (χ4v) is 3.20. The third-order valence-electron chi connectivity index (χ3n) is 3.92. The Labute approximate surface area is 149 Å². The van der Waals surface area contributed by atoms with Gasteiger partial charge in [0.05, 0.1) is 19.7 Å².